The Morgan fingerprint density at radius 3 is 2.57 bits per heavy atom. The quantitative estimate of drug-likeness (QED) is 0.901. The van der Waals surface area contributed by atoms with Gasteiger partial charge in [0.05, 0.1) is 29.7 Å². The molecule has 2 aromatic rings. The van der Waals surface area contributed by atoms with Crippen molar-refractivity contribution in [3.05, 3.63) is 29.4 Å². The SMILES string of the molecule is CCC.CNc1cc(-c2nc(N)ncc2Cl)ccc1OC. The number of halogens is 1. The molecule has 0 saturated carbocycles. The Hall–Kier alpha value is -2.01. The van der Waals surface area contributed by atoms with Crippen LogP contribution in [0.15, 0.2) is 24.4 Å². The predicted octanol–water partition coefficient (Wildman–Crippen LogP) is 3.85. The third-order valence-corrected chi connectivity index (χ3v) is 2.78. The van der Waals surface area contributed by atoms with E-state index in [1.54, 1.807) is 7.11 Å². The molecule has 21 heavy (non-hydrogen) atoms. The number of nitrogens with zero attached hydrogens (tertiary/aromatic N) is 2. The molecular formula is C15H21ClN4O. The van der Waals surface area contributed by atoms with Crippen molar-refractivity contribution in [1.29, 1.82) is 0 Å². The largest absolute Gasteiger partial charge is 0.495 e. The summed E-state index contributed by atoms with van der Waals surface area (Å²) in [6, 6.07) is 5.61. The van der Waals surface area contributed by atoms with Gasteiger partial charge in [0.1, 0.15) is 5.75 Å². The number of nitrogen functional groups attached to an aromatic ring is 1. The van der Waals surface area contributed by atoms with Gasteiger partial charge in [-0.25, -0.2) is 9.97 Å². The average Bonchev–Trinajstić information content (AvgIpc) is 2.49. The standard InChI is InChI=1S/C12H13ClN4O.C3H8/c1-15-9-5-7(3-4-10(9)18-2)11-8(13)6-16-12(14)17-11;1-3-2/h3-6,15H,1-2H3,(H2,14,16,17);3H2,1-2H3. The number of methoxy groups -OCH3 is 1. The van der Waals surface area contributed by atoms with Crippen molar-refractivity contribution in [3.8, 4) is 17.0 Å². The van der Waals surface area contributed by atoms with E-state index in [9.17, 15) is 0 Å². The van der Waals surface area contributed by atoms with Crippen molar-refractivity contribution >= 4 is 23.2 Å². The van der Waals surface area contributed by atoms with Gasteiger partial charge in [0.25, 0.3) is 0 Å². The Balaban J connectivity index is 0.000000677. The van der Waals surface area contributed by atoms with Crippen LogP contribution in [0.1, 0.15) is 20.3 Å². The Bertz CT molecular complexity index is 590. The summed E-state index contributed by atoms with van der Waals surface area (Å²) in [5.74, 6) is 0.940. The van der Waals surface area contributed by atoms with Gasteiger partial charge in [0.2, 0.25) is 5.95 Å². The Morgan fingerprint density at radius 1 is 1.33 bits per heavy atom. The lowest BCUT2D eigenvalue weighted by Crippen LogP contribution is -1.98. The third kappa shape index (κ3) is 4.49. The molecule has 0 bridgehead atoms. The van der Waals surface area contributed by atoms with Crippen LogP contribution in [0, 0.1) is 0 Å². The van der Waals surface area contributed by atoms with E-state index in [-0.39, 0.29) is 5.95 Å². The number of ether oxygens (including phenoxy) is 1. The maximum atomic E-state index is 6.07. The number of hydrogen-bond donors (Lipinski definition) is 2. The minimum atomic E-state index is 0.191. The maximum absolute atomic E-state index is 6.07. The molecule has 3 N–H and O–H groups in total. The molecule has 0 radical (unpaired) electrons. The lowest BCUT2D eigenvalue weighted by molar-refractivity contribution is 0.416. The van der Waals surface area contributed by atoms with E-state index in [1.165, 1.54) is 12.6 Å². The van der Waals surface area contributed by atoms with Crippen LogP contribution in [-0.2, 0) is 0 Å². The number of aromatic nitrogens is 2. The van der Waals surface area contributed by atoms with Crippen LogP contribution in [0.2, 0.25) is 5.02 Å². The van der Waals surface area contributed by atoms with Crippen molar-refractivity contribution in [3.63, 3.8) is 0 Å². The highest BCUT2D eigenvalue weighted by molar-refractivity contribution is 6.32. The Kier molecular flexibility index (Phi) is 6.75. The molecule has 114 valence electrons. The molecule has 0 spiro atoms. The molecule has 0 amide bonds. The number of nitrogens with two attached hydrogens (primary N) is 1. The smallest absolute Gasteiger partial charge is 0.220 e. The minimum absolute atomic E-state index is 0.191. The molecular weight excluding hydrogens is 288 g/mol. The first-order chi connectivity index (χ1) is 10.1. The Morgan fingerprint density at radius 2 is 2.00 bits per heavy atom. The molecule has 1 aromatic heterocycles. The van der Waals surface area contributed by atoms with Gasteiger partial charge in [0, 0.05) is 12.6 Å². The fourth-order valence-electron chi connectivity index (χ4n) is 1.63. The number of anilines is 2. The molecule has 0 unspecified atom stereocenters. The normalized spacial score (nSPS) is 9.57. The van der Waals surface area contributed by atoms with E-state index in [0.29, 0.717) is 10.7 Å². The van der Waals surface area contributed by atoms with Crippen LogP contribution in [0.4, 0.5) is 11.6 Å². The summed E-state index contributed by atoms with van der Waals surface area (Å²) in [7, 11) is 3.43. The predicted molar refractivity (Wildman–Crippen MR) is 89.0 cm³/mol. The van der Waals surface area contributed by atoms with Gasteiger partial charge in [-0.15, -0.1) is 0 Å². The number of rotatable bonds is 3. The van der Waals surface area contributed by atoms with Gasteiger partial charge in [0.15, 0.2) is 0 Å². The molecule has 6 heteroatoms. The van der Waals surface area contributed by atoms with Crippen LogP contribution in [-0.4, -0.2) is 24.1 Å². The Labute approximate surface area is 130 Å². The van der Waals surface area contributed by atoms with Crippen molar-refractivity contribution in [2.45, 2.75) is 20.3 Å². The van der Waals surface area contributed by atoms with Gasteiger partial charge < -0.3 is 15.8 Å². The molecule has 0 aliphatic rings. The lowest BCUT2D eigenvalue weighted by atomic mass is 10.1. The summed E-state index contributed by atoms with van der Waals surface area (Å²) in [6.07, 6.45) is 2.74. The molecule has 0 aliphatic carbocycles. The summed E-state index contributed by atoms with van der Waals surface area (Å²) in [6.45, 7) is 4.25. The minimum Gasteiger partial charge on any atom is -0.495 e. The maximum Gasteiger partial charge on any atom is 0.220 e. The lowest BCUT2D eigenvalue weighted by Gasteiger charge is -2.10. The number of nitrogens with one attached hydrogen (secondary N) is 1. The van der Waals surface area contributed by atoms with Crippen LogP contribution in [0.25, 0.3) is 11.3 Å². The second-order valence-corrected chi connectivity index (χ2v) is 4.70. The summed E-state index contributed by atoms with van der Waals surface area (Å²) in [5, 5.41) is 3.50. The van der Waals surface area contributed by atoms with Gasteiger partial charge >= 0.3 is 0 Å². The van der Waals surface area contributed by atoms with Gasteiger partial charge in [-0.3, -0.25) is 0 Å². The number of benzene rings is 1. The van der Waals surface area contributed by atoms with E-state index in [2.05, 4.69) is 29.1 Å². The van der Waals surface area contributed by atoms with E-state index < -0.39 is 0 Å². The molecule has 0 atom stereocenters. The van der Waals surface area contributed by atoms with Crippen molar-refractivity contribution < 1.29 is 4.74 Å². The molecule has 5 nitrogen and oxygen atoms in total. The first-order valence-corrected chi connectivity index (χ1v) is 7.09. The van der Waals surface area contributed by atoms with E-state index >= 15 is 0 Å². The second-order valence-electron chi connectivity index (χ2n) is 4.30. The third-order valence-electron chi connectivity index (χ3n) is 2.50. The summed E-state index contributed by atoms with van der Waals surface area (Å²) in [4.78, 5) is 7.98. The van der Waals surface area contributed by atoms with E-state index in [1.807, 2.05) is 25.2 Å². The highest BCUT2D eigenvalue weighted by atomic mass is 35.5. The van der Waals surface area contributed by atoms with Crippen molar-refractivity contribution in [1.82, 2.24) is 9.97 Å². The fraction of sp³-hybridized carbons (Fsp3) is 0.333. The molecule has 1 heterocycles. The monoisotopic (exact) mass is 308 g/mol. The zero-order valence-corrected chi connectivity index (χ0v) is 13.5. The average molecular weight is 309 g/mol. The van der Waals surface area contributed by atoms with Crippen LogP contribution < -0.4 is 15.8 Å². The highest BCUT2D eigenvalue weighted by Crippen LogP contribution is 2.32. The van der Waals surface area contributed by atoms with Crippen molar-refractivity contribution in [2.24, 2.45) is 0 Å². The fourth-order valence-corrected chi connectivity index (χ4v) is 1.83. The van der Waals surface area contributed by atoms with Crippen LogP contribution in [0.3, 0.4) is 0 Å². The van der Waals surface area contributed by atoms with Gasteiger partial charge in [-0.05, 0) is 18.2 Å². The van der Waals surface area contributed by atoms with Gasteiger partial charge in [-0.2, -0.15) is 0 Å². The molecule has 2 rings (SSSR count). The summed E-state index contributed by atoms with van der Waals surface area (Å²) < 4.78 is 5.23. The van der Waals surface area contributed by atoms with E-state index in [4.69, 9.17) is 22.1 Å². The van der Waals surface area contributed by atoms with Crippen LogP contribution in [0.5, 0.6) is 5.75 Å². The second kappa shape index (κ2) is 8.32. The molecule has 0 saturated heterocycles. The van der Waals surface area contributed by atoms with E-state index in [0.717, 1.165) is 17.0 Å². The van der Waals surface area contributed by atoms with Gasteiger partial charge in [-0.1, -0.05) is 31.9 Å². The summed E-state index contributed by atoms with van der Waals surface area (Å²) >= 11 is 6.07. The topological polar surface area (TPSA) is 73.1 Å². The summed E-state index contributed by atoms with van der Waals surface area (Å²) in [5.41, 5.74) is 7.87. The van der Waals surface area contributed by atoms with Crippen molar-refractivity contribution in [2.75, 3.05) is 25.2 Å². The molecule has 0 fully saturated rings. The molecule has 1 aromatic carbocycles. The first kappa shape index (κ1) is 17.0. The highest BCUT2D eigenvalue weighted by Gasteiger charge is 2.10. The first-order valence-electron chi connectivity index (χ1n) is 6.71. The zero-order valence-electron chi connectivity index (χ0n) is 12.8. The number of hydrogen-bond acceptors (Lipinski definition) is 5. The van der Waals surface area contributed by atoms with Crippen LogP contribution >= 0.6 is 11.6 Å². The molecule has 0 aliphatic heterocycles. The zero-order chi connectivity index (χ0) is 15.8.